The highest BCUT2D eigenvalue weighted by molar-refractivity contribution is 9.10. The topological polar surface area (TPSA) is 83.5 Å². The van der Waals surface area contributed by atoms with E-state index >= 15 is 0 Å². The third kappa shape index (κ3) is 3.02. The summed E-state index contributed by atoms with van der Waals surface area (Å²) in [7, 11) is -3.68. The van der Waals surface area contributed by atoms with E-state index in [9.17, 15) is 13.2 Å². The SMILES string of the molecule is Cc1cc(NS(=O)(=O)c2sccc2Br)ccc1C(=O)O. The molecule has 0 amide bonds. The second kappa shape index (κ2) is 5.55. The molecule has 0 atom stereocenters. The summed E-state index contributed by atoms with van der Waals surface area (Å²) in [6, 6.07) is 5.94. The Morgan fingerprint density at radius 2 is 2.05 bits per heavy atom. The number of hydrogen-bond acceptors (Lipinski definition) is 4. The highest BCUT2D eigenvalue weighted by Crippen LogP contribution is 2.29. The first-order chi connectivity index (χ1) is 9.31. The van der Waals surface area contributed by atoms with Crippen LogP contribution >= 0.6 is 27.3 Å². The van der Waals surface area contributed by atoms with E-state index in [1.165, 1.54) is 18.2 Å². The van der Waals surface area contributed by atoms with Crippen LogP contribution < -0.4 is 4.72 Å². The number of carbonyl (C=O) groups is 1. The van der Waals surface area contributed by atoms with Crippen molar-refractivity contribution in [2.45, 2.75) is 11.1 Å². The van der Waals surface area contributed by atoms with E-state index in [4.69, 9.17) is 5.11 Å². The van der Waals surface area contributed by atoms with Crippen molar-refractivity contribution in [1.29, 1.82) is 0 Å². The molecule has 1 aromatic carbocycles. The molecule has 0 fully saturated rings. The summed E-state index contributed by atoms with van der Waals surface area (Å²) in [5, 5.41) is 10.6. The molecule has 8 heteroatoms. The van der Waals surface area contributed by atoms with E-state index in [-0.39, 0.29) is 9.77 Å². The zero-order chi connectivity index (χ0) is 14.9. The number of anilines is 1. The number of carboxylic acid groups (broad SMARTS) is 1. The minimum absolute atomic E-state index is 0.144. The lowest BCUT2D eigenvalue weighted by atomic mass is 10.1. The van der Waals surface area contributed by atoms with Gasteiger partial charge in [-0.25, -0.2) is 13.2 Å². The van der Waals surface area contributed by atoms with Crippen molar-refractivity contribution in [3.8, 4) is 0 Å². The largest absolute Gasteiger partial charge is 0.478 e. The van der Waals surface area contributed by atoms with Crippen LogP contribution in [0.2, 0.25) is 0 Å². The van der Waals surface area contributed by atoms with E-state index in [2.05, 4.69) is 20.7 Å². The van der Waals surface area contributed by atoms with Gasteiger partial charge in [-0.15, -0.1) is 11.3 Å². The molecule has 2 rings (SSSR count). The first-order valence-corrected chi connectivity index (χ1v) is 8.56. The molecule has 0 aliphatic heterocycles. The van der Waals surface area contributed by atoms with E-state index < -0.39 is 16.0 Å². The molecule has 2 aromatic rings. The number of aromatic carboxylic acids is 1. The lowest BCUT2D eigenvalue weighted by Gasteiger charge is -2.09. The van der Waals surface area contributed by atoms with Crippen LogP contribution in [0.5, 0.6) is 0 Å². The molecule has 1 heterocycles. The van der Waals surface area contributed by atoms with Crippen molar-refractivity contribution in [2.24, 2.45) is 0 Å². The Morgan fingerprint density at radius 3 is 2.55 bits per heavy atom. The van der Waals surface area contributed by atoms with Crippen molar-refractivity contribution < 1.29 is 18.3 Å². The maximum atomic E-state index is 12.2. The summed E-state index contributed by atoms with van der Waals surface area (Å²) >= 11 is 4.27. The molecule has 0 bridgehead atoms. The van der Waals surface area contributed by atoms with Gasteiger partial charge in [-0.2, -0.15) is 0 Å². The number of aryl methyl sites for hydroxylation is 1. The van der Waals surface area contributed by atoms with Crippen LogP contribution in [0.4, 0.5) is 5.69 Å². The van der Waals surface area contributed by atoms with Crippen molar-refractivity contribution in [2.75, 3.05) is 4.72 Å². The molecule has 0 saturated heterocycles. The number of halogens is 1. The predicted octanol–water partition coefficient (Wildman–Crippen LogP) is 3.32. The van der Waals surface area contributed by atoms with Gasteiger partial charge in [-0.3, -0.25) is 4.72 Å². The van der Waals surface area contributed by atoms with Gasteiger partial charge in [0.25, 0.3) is 10.0 Å². The highest BCUT2D eigenvalue weighted by atomic mass is 79.9. The molecular formula is C12H10BrNO4S2. The average molecular weight is 376 g/mol. The van der Waals surface area contributed by atoms with Crippen molar-refractivity contribution in [3.63, 3.8) is 0 Å². The van der Waals surface area contributed by atoms with Gasteiger partial charge in [0.15, 0.2) is 4.21 Å². The minimum Gasteiger partial charge on any atom is -0.478 e. The molecule has 20 heavy (non-hydrogen) atoms. The third-order valence-corrected chi connectivity index (χ3v) is 6.59. The molecule has 5 nitrogen and oxygen atoms in total. The molecule has 106 valence electrons. The molecule has 0 radical (unpaired) electrons. The van der Waals surface area contributed by atoms with Gasteiger partial charge in [0.1, 0.15) is 0 Å². The summed E-state index contributed by atoms with van der Waals surface area (Å²) in [4.78, 5) is 10.9. The number of carboxylic acids is 1. The second-order valence-corrected chi connectivity index (χ2v) is 7.64. The van der Waals surface area contributed by atoms with Crippen LogP contribution in [0.25, 0.3) is 0 Å². The van der Waals surface area contributed by atoms with Crippen molar-refractivity contribution in [1.82, 2.24) is 0 Å². The standard InChI is InChI=1S/C12H10BrNO4S2/c1-7-6-8(2-3-9(7)11(15)16)14-20(17,18)12-10(13)4-5-19-12/h2-6,14H,1H3,(H,15,16). The number of sulfonamides is 1. The zero-order valence-electron chi connectivity index (χ0n) is 10.3. The van der Waals surface area contributed by atoms with Gasteiger partial charge in [0, 0.05) is 10.2 Å². The van der Waals surface area contributed by atoms with Crippen LogP contribution in [-0.2, 0) is 10.0 Å². The Morgan fingerprint density at radius 1 is 1.35 bits per heavy atom. The zero-order valence-corrected chi connectivity index (χ0v) is 13.5. The summed E-state index contributed by atoms with van der Waals surface area (Å²) in [5.74, 6) is -1.04. The van der Waals surface area contributed by atoms with E-state index in [0.29, 0.717) is 15.7 Å². The van der Waals surface area contributed by atoms with Gasteiger partial charge < -0.3 is 5.11 Å². The molecule has 0 unspecified atom stereocenters. The fourth-order valence-electron chi connectivity index (χ4n) is 1.64. The van der Waals surface area contributed by atoms with Crippen molar-refractivity contribution in [3.05, 3.63) is 45.2 Å². The minimum atomic E-state index is -3.68. The quantitative estimate of drug-likeness (QED) is 0.858. The fourth-order valence-corrected chi connectivity index (χ4v) is 5.03. The fraction of sp³-hybridized carbons (Fsp3) is 0.0833. The van der Waals surface area contributed by atoms with E-state index in [1.807, 2.05) is 0 Å². The van der Waals surface area contributed by atoms with Crippen LogP contribution in [0.1, 0.15) is 15.9 Å². The Hall–Kier alpha value is -1.38. The number of nitrogens with one attached hydrogen (secondary N) is 1. The molecule has 0 aliphatic carbocycles. The lowest BCUT2D eigenvalue weighted by molar-refractivity contribution is 0.0696. The monoisotopic (exact) mass is 375 g/mol. The number of rotatable bonds is 4. The predicted molar refractivity (Wildman–Crippen MR) is 81.0 cm³/mol. The Kier molecular flexibility index (Phi) is 4.17. The third-order valence-electron chi connectivity index (χ3n) is 2.54. The summed E-state index contributed by atoms with van der Waals surface area (Å²) in [6.07, 6.45) is 0. The van der Waals surface area contributed by atoms with Gasteiger partial charge in [-0.05, 0) is 58.1 Å². The Bertz CT molecular complexity index is 768. The van der Waals surface area contributed by atoms with Crippen molar-refractivity contribution >= 4 is 48.9 Å². The van der Waals surface area contributed by atoms with Gasteiger partial charge in [-0.1, -0.05) is 0 Å². The summed E-state index contributed by atoms with van der Waals surface area (Å²) in [5.41, 5.74) is 0.959. The number of hydrogen-bond donors (Lipinski definition) is 2. The highest BCUT2D eigenvalue weighted by Gasteiger charge is 2.19. The summed E-state index contributed by atoms with van der Waals surface area (Å²) < 4.78 is 27.4. The van der Waals surface area contributed by atoms with Crippen LogP contribution in [0, 0.1) is 6.92 Å². The summed E-state index contributed by atoms with van der Waals surface area (Å²) in [6.45, 7) is 1.61. The lowest BCUT2D eigenvalue weighted by Crippen LogP contribution is -2.12. The maximum absolute atomic E-state index is 12.2. The van der Waals surface area contributed by atoms with Gasteiger partial charge in [0.05, 0.1) is 5.56 Å². The molecule has 1 aromatic heterocycles. The maximum Gasteiger partial charge on any atom is 0.335 e. The Balaban J connectivity index is 2.33. The first-order valence-electron chi connectivity index (χ1n) is 5.41. The molecule has 0 saturated carbocycles. The van der Waals surface area contributed by atoms with E-state index in [0.717, 1.165) is 11.3 Å². The molecular weight excluding hydrogens is 366 g/mol. The smallest absolute Gasteiger partial charge is 0.335 e. The molecule has 2 N–H and O–H groups in total. The van der Waals surface area contributed by atoms with Crippen LogP contribution in [0.15, 0.2) is 38.3 Å². The second-order valence-electron chi connectivity index (χ2n) is 4.00. The first kappa shape index (κ1) is 15.0. The average Bonchev–Trinajstić information content (AvgIpc) is 2.75. The number of benzene rings is 1. The van der Waals surface area contributed by atoms with Crippen LogP contribution in [-0.4, -0.2) is 19.5 Å². The Labute approximate surface area is 128 Å². The van der Waals surface area contributed by atoms with E-state index in [1.54, 1.807) is 18.4 Å². The number of thiophene rings is 1. The van der Waals surface area contributed by atoms with Crippen LogP contribution in [0.3, 0.4) is 0 Å². The molecule has 0 aliphatic rings. The van der Waals surface area contributed by atoms with Gasteiger partial charge >= 0.3 is 5.97 Å². The van der Waals surface area contributed by atoms with Gasteiger partial charge in [0.2, 0.25) is 0 Å². The molecule has 0 spiro atoms. The normalized spacial score (nSPS) is 11.3.